The summed E-state index contributed by atoms with van der Waals surface area (Å²) in [5, 5.41) is 7.88. The highest BCUT2D eigenvalue weighted by molar-refractivity contribution is 6.30. The molecule has 1 aromatic rings. The molecule has 0 radical (unpaired) electrons. The maximum Gasteiger partial charge on any atom is 0.490 e. The highest BCUT2D eigenvalue weighted by Gasteiger charge is 2.39. The summed E-state index contributed by atoms with van der Waals surface area (Å²) >= 11 is 6.01. The molecule has 1 fully saturated rings. The van der Waals surface area contributed by atoms with Gasteiger partial charge in [-0.1, -0.05) is 24.3 Å². The second-order valence-corrected chi connectivity index (χ2v) is 5.36. The average molecular weight is 352 g/mol. The van der Waals surface area contributed by atoms with Gasteiger partial charge in [0.2, 0.25) is 0 Å². The molecule has 2 rings (SSSR count). The van der Waals surface area contributed by atoms with Gasteiger partial charge in [0.15, 0.2) is 0 Å². The van der Waals surface area contributed by atoms with Crippen LogP contribution >= 0.6 is 11.6 Å². The summed E-state index contributed by atoms with van der Waals surface area (Å²) in [4.78, 5) is 8.90. The molecule has 8 heteroatoms. The van der Waals surface area contributed by atoms with Crippen molar-refractivity contribution < 1.29 is 27.8 Å². The third-order valence-corrected chi connectivity index (χ3v) is 3.43. The van der Waals surface area contributed by atoms with Gasteiger partial charge in [0.25, 0.3) is 0 Å². The molecule has 0 aliphatic heterocycles. The summed E-state index contributed by atoms with van der Waals surface area (Å²) in [6, 6.07) is 5.76. The maximum absolute atomic E-state index is 10.6. The zero-order valence-corrected chi connectivity index (χ0v) is 12.9. The molecule has 128 valence electrons. The molecule has 0 amide bonds. The zero-order chi connectivity index (χ0) is 17.6. The fourth-order valence-corrected chi connectivity index (χ4v) is 2.16. The Labute approximate surface area is 136 Å². The first-order valence-electron chi connectivity index (χ1n) is 6.74. The lowest BCUT2D eigenvalue weighted by atomic mass is 10.1. The predicted octanol–water partition coefficient (Wildman–Crippen LogP) is 3.60. The molecule has 2 atom stereocenters. The van der Waals surface area contributed by atoms with Crippen LogP contribution in [0, 0.1) is 5.92 Å². The Bertz CT molecular complexity index is 563. The molecule has 0 aromatic heterocycles. The van der Waals surface area contributed by atoms with E-state index in [4.69, 9.17) is 32.0 Å². The lowest BCUT2D eigenvalue weighted by Crippen LogP contribution is -2.21. The molecule has 1 aromatic carbocycles. The number of nitrogens with two attached hydrogens (primary N) is 1. The van der Waals surface area contributed by atoms with Crippen LogP contribution < -0.4 is 10.5 Å². The predicted molar refractivity (Wildman–Crippen MR) is 80.7 cm³/mol. The second-order valence-electron chi connectivity index (χ2n) is 4.92. The van der Waals surface area contributed by atoms with Crippen molar-refractivity contribution in [3.8, 4) is 5.75 Å². The van der Waals surface area contributed by atoms with Crippen molar-refractivity contribution in [1.29, 1.82) is 0 Å². The normalized spacial score (nSPS) is 19.3. The number of carboxylic acid groups (broad SMARTS) is 1. The van der Waals surface area contributed by atoms with Crippen LogP contribution in [-0.4, -0.2) is 30.4 Å². The van der Waals surface area contributed by atoms with Crippen LogP contribution in [0.5, 0.6) is 5.75 Å². The van der Waals surface area contributed by atoms with Crippen molar-refractivity contribution in [2.24, 2.45) is 11.7 Å². The first kappa shape index (κ1) is 19.3. The van der Waals surface area contributed by atoms with Gasteiger partial charge >= 0.3 is 12.1 Å². The summed E-state index contributed by atoms with van der Waals surface area (Å²) < 4.78 is 37.4. The number of benzene rings is 1. The average Bonchev–Trinajstić information content (AvgIpc) is 3.25. The number of rotatable bonds is 5. The Hall–Kier alpha value is -1.73. The number of alkyl halides is 3. The number of aliphatic carboxylic acids is 1. The van der Waals surface area contributed by atoms with Gasteiger partial charge in [-0.2, -0.15) is 13.2 Å². The lowest BCUT2D eigenvalue weighted by molar-refractivity contribution is -0.192. The summed E-state index contributed by atoms with van der Waals surface area (Å²) in [6.07, 6.45) is -2.20. The molecular weight excluding hydrogens is 335 g/mol. The van der Waals surface area contributed by atoms with E-state index in [0.29, 0.717) is 18.4 Å². The van der Waals surface area contributed by atoms with E-state index < -0.39 is 12.1 Å². The van der Waals surface area contributed by atoms with Gasteiger partial charge in [-0.25, -0.2) is 4.79 Å². The van der Waals surface area contributed by atoms with Crippen LogP contribution in [0.15, 0.2) is 30.9 Å². The molecule has 23 heavy (non-hydrogen) atoms. The van der Waals surface area contributed by atoms with Gasteiger partial charge in [-0.3, -0.25) is 0 Å². The van der Waals surface area contributed by atoms with Gasteiger partial charge < -0.3 is 15.6 Å². The fraction of sp³-hybridized carbons (Fsp3) is 0.400. The van der Waals surface area contributed by atoms with Gasteiger partial charge in [0, 0.05) is 5.02 Å². The first-order valence-corrected chi connectivity index (χ1v) is 7.11. The third kappa shape index (κ3) is 6.11. The topological polar surface area (TPSA) is 72.5 Å². The van der Waals surface area contributed by atoms with Gasteiger partial charge in [0.05, 0.1) is 0 Å². The van der Waals surface area contributed by atoms with E-state index in [1.807, 2.05) is 18.2 Å². The summed E-state index contributed by atoms with van der Waals surface area (Å²) in [5.74, 6) is -0.745. The molecule has 1 aliphatic rings. The highest BCUT2D eigenvalue weighted by Crippen LogP contribution is 2.50. The van der Waals surface area contributed by atoms with Gasteiger partial charge in [0.1, 0.15) is 12.4 Å². The van der Waals surface area contributed by atoms with Crippen molar-refractivity contribution in [3.63, 3.8) is 0 Å². The molecule has 3 N–H and O–H groups in total. The minimum absolute atomic E-state index is 0.517. The van der Waals surface area contributed by atoms with E-state index >= 15 is 0 Å². The van der Waals surface area contributed by atoms with E-state index in [-0.39, 0.29) is 0 Å². The highest BCUT2D eigenvalue weighted by atomic mass is 35.5. The van der Waals surface area contributed by atoms with E-state index in [1.54, 1.807) is 6.08 Å². The van der Waals surface area contributed by atoms with E-state index in [1.165, 1.54) is 5.56 Å². The first-order chi connectivity index (χ1) is 10.7. The molecule has 4 nitrogen and oxygen atoms in total. The molecule has 0 bridgehead atoms. The maximum atomic E-state index is 10.6. The van der Waals surface area contributed by atoms with Crippen LogP contribution in [0.25, 0.3) is 0 Å². The van der Waals surface area contributed by atoms with Crippen LogP contribution in [0.2, 0.25) is 5.02 Å². The van der Waals surface area contributed by atoms with Crippen LogP contribution in [0.4, 0.5) is 13.2 Å². The number of hydrogen-bond donors (Lipinski definition) is 2. The molecule has 0 heterocycles. The summed E-state index contributed by atoms with van der Waals surface area (Å²) in [7, 11) is 0. The Morgan fingerprint density at radius 3 is 2.57 bits per heavy atom. The number of hydrogen-bond acceptors (Lipinski definition) is 3. The number of carbonyl (C=O) groups is 1. The van der Waals surface area contributed by atoms with Gasteiger partial charge in [-0.15, -0.1) is 0 Å². The van der Waals surface area contributed by atoms with Crippen molar-refractivity contribution in [3.05, 3.63) is 41.4 Å². The fourth-order valence-electron chi connectivity index (χ4n) is 1.98. The number of halogens is 4. The minimum atomic E-state index is -5.08. The van der Waals surface area contributed by atoms with Crippen molar-refractivity contribution in [1.82, 2.24) is 0 Å². The lowest BCUT2D eigenvalue weighted by Gasteiger charge is -2.10. The van der Waals surface area contributed by atoms with Crippen LogP contribution in [0.1, 0.15) is 17.9 Å². The SMILES string of the molecule is C=CCOc1ccc(Cl)cc1[C@@H]1C[C@H]1CN.O=C(O)C(F)(F)F. The van der Waals surface area contributed by atoms with Crippen LogP contribution in [0.3, 0.4) is 0 Å². The van der Waals surface area contributed by atoms with E-state index in [2.05, 4.69) is 6.58 Å². The van der Waals surface area contributed by atoms with E-state index in [9.17, 15) is 13.2 Å². The van der Waals surface area contributed by atoms with Crippen molar-refractivity contribution >= 4 is 17.6 Å². The number of ether oxygens (including phenoxy) is 1. The molecular formula is C15H17ClF3NO3. The van der Waals surface area contributed by atoms with Crippen molar-refractivity contribution in [2.75, 3.05) is 13.2 Å². The standard InChI is InChI=1S/C13H16ClNO.C2HF3O2/c1-2-5-16-13-4-3-10(14)7-12(13)11-6-9(11)8-15;3-2(4,5)1(6)7/h2-4,7,9,11H,1,5-6,8,15H2;(H,6,7)/t9-,11+;/m0./s1. The molecule has 0 spiro atoms. The largest absolute Gasteiger partial charge is 0.490 e. The quantitative estimate of drug-likeness (QED) is 0.795. The zero-order valence-electron chi connectivity index (χ0n) is 12.1. The molecule has 0 saturated heterocycles. The van der Waals surface area contributed by atoms with Gasteiger partial charge in [-0.05, 0) is 48.6 Å². The smallest absolute Gasteiger partial charge is 0.489 e. The summed E-state index contributed by atoms with van der Waals surface area (Å²) in [6.45, 7) is 4.90. The third-order valence-electron chi connectivity index (χ3n) is 3.20. The molecule has 0 unspecified atom stereocenters. The minimum Gasteiger partial charge on any atom is -0.489 e. The Balaban J connectivity index is 0.000000322. The number of carboxylic acids is 1. The Morgan fingerprint density at radius 2 is 2.13 bits per heavy atom. The monoisotopic (exact) mass is 351 g/mol. The second kappa shape index (κ2) is 8.21. The Kier molecular flexibility index (Phi) is 6.90. The van der Waals surface area contributed by atoms with Crippen LogP contribution in [-0.2, 0) is 4.79 Å². The Morgan fingerprint density at radius 1 is 1.52 bits per heavy atom. The molecule has 1 aliphatic carbocycles. The van der Waals surface area contributed by atoms with E-state index in [0.717, 1.165) is 23.7 Å². The molecule has 1 saturated carbocycles. The van der Waals surface area contributed by atoms with Crippen molar-refractivity contribution in [2.45, 2.75) is 18.5 Å². The summed E-state index contributed by atoms with van der Waals surface area (Å²) in [5.41, 5.74) is 6.84.